The standard InChI is InChI=1S/C9H11NO/c11-9-8-4-2-1-3-7(8)5-6-10-9/h1-4,7-8H,5-6H2,(H,10,11)/t7-,8-/m0/s1. The Hall–Kier alpha value is -1.05. The Morgan fingerprint density at radius 3 is 3.00 bits per heavy atom. The van der Waals surface area contributed by atoms with Crippen LogP contribution in [0.5, 0.6) is 0 Å². The van der Waals surface area contributed by atoms with Crippen molar-refractivity contribution in [1.29, 1.82) is 0 Å². The maximum atomic E-state index is 11.2. The molecule has 0 aromatic heterocycles. The lowest BCUT2D eigenvalue weighted by Gasteiger charge is -2.28. The lowest BCUT2D eigenvalue weighted by molar-refractivity contribution is -0.126. The van der Waals surface area contributed by atoms with Crippen molar-refractivity contribution >= 4 is 5.91 Å². The average molecular weight is 149 g/mol. The van der Waals surface area contributed by atoms with Crippen LogP contribution >= 0.6 is 0 Å². The number of nitrogens with one attached hydrogen (secondary N) is 1. The van der Waals surface area contributed by atoms with E-state index in [1.54, 1.807) is 0 Å². The summed E-state index contributed by atoms with van der Waals surface area (Å²) in [7, 11) is 0. The van der Waals surface area contributed by atoms with Crippen LogP contribution in [0, 0.1) is 11.8 Å². The molecule has 11 heavy (non-hydrogen) atoms. The van der Waals surface area contributed by atoms with Crippen LogP contribution in [-0.4, -0.2) is 12.5 Å². The van der Waals surface area contributed by atoms with Gasteiger partial charge in [-0.15, -0.1) is 0 Å². The number of rotatable bonds is 0. The van der Waals surface area contributed by atoms with E-state index >= 15 is 0 Å². The summed E-state index contributed by atoms with van der Waals surface area (Å²) in [5, 5.41) is 2.86. The smallest absolute Gasteiger partial charge is 0.227 e. The van der Waals surface area contributed by atoms with Gasteiger partial charge in [-0.05, 0) is 12.3 Å². The van der Waals surface area contributed by atoms with Crippen molar-refractivity contribution < 1.29 is 4.79 Å². The number of carbonyl (C=O) groups is 1. The molecule has 58 valence electrons. The molecule has 0 aromatic carbocycles. The van der Waals surface area contributed by atoms with Crippen LogP contribution in [0.2, 0.25) is 0 Å². The van der Waals surface area contributed by atoms with Gasteiger partial charge < -0.3 is 5.32 Å². The third-order valence-electron chi connectivity index (χ3n) is 2.33. The zero-order valence-electron chi connectivity index (χ0n) is 6.29. The highest BCUT2D eigenvalue weighted by molar-refractivity contribution is 5.82. The molecular formula is C9H11NO. The van der Waals surface area contributed by atoms with Gasteiger partial charge in [0.25, 0.3) is 0 Å². The fourth-order valence-electron chi connectivity index (χ4n) is 1.69. The van der Waals surface area contributed by atoms with Crippen molar-refractivity contribution in [3.05, 3.63) is 24.3 Å². The van der Waals surface area contributed by atoms with Crippen molar-refractivity contribution in [3.63, 3.8) is 0 Å². The Kier molecular flexibility index (Phi) is 1.53. The molecule has 2 rings (SSSR count). The van der Waals surface area contributed by atoms with Crippen molar-refractivity contribution in [3.8, 4) is 0 Å². The van der Waals surface area contributed by atoms with Crippen LogP contribution in [-0.2, 0) is 4.79 Å². The molecule has 2 nitrogen and oxygen atoms in total. The second-order valence-corrected chi connectivity index (χ2v) is 3.04. The van der Waals surface area contributed by atoms with Crippen LogP contribution < -0.4 is 5.32 Å². The predicted molar refractivity (Wildman–Crippen MR) is 42.9 cm³/mol. The molecule has 0 saturated carbocycles. The molecular weight excluding hydrogens is 138 g/mol. The molecule has 0 spiro atoms. The summed E-state index contributed by atoms with van der Waals surface area (Å²) in [5.74, 6) is 0.740. The van der Waals surface area contributed by atoms with Crippen LogP contribution in [0.25, 0.3) is 0 Å². The number of hydrogen-bond acceptors (Lipinski definition) is 1. The topological polar surface area (TPSA) is 29.1 Å². The highest BCUT2D eigenvalue weighted by Crippen LogP contribution is 2.25. The van der Waals surface area contributed by atoms with E-state index in [0.29, 0.717) is 5.92 Å². The Morgan fingerprint density at radius 2 is 2.18 bits per heavy atom. The van der Waals surface area contributed by atoms with E-state index in [1.807, 2.05) is 18.2 Å². The van der Waals surface area contributed by atoms with Gasteiger partial charge >= 0.3 is 0 Å². The van der Waals surface area contributed by atoms with Crippen LogP contribution in [0.4, 0.5) is 0 Å². The lowest BCUT2D eigenvalue weighted by Crippen LogP contribution is -2.41. The highest BCUT2D eigenvalue weighted by atomic mass is 16.1. The van der Waals surface area contributed by atoms with Crippen molar-refractivity contribution in [2.45, 2.75) is 6.42 Å². The zero-order valence-corrected chi connectivity index (χ0v) is 6.29. The van der Waals surface area contributed by atoms with Crippen molar-refractivity contribution in [1.82, 2.24) is 5.32 Å². The Morgan fingerprint density at radius 1 is 1.36 bits per heavy atom. The first-order chi connectivity index (χ1) is 5.38. The molecule has 1 saturated heterocycles. The summed E-state index contributed by atoms with van der Waals surface area (Å²) in [4.78, 5) is 11.2. The van der Waals surface area contributed by atoms with E-state index < -0.39 is 0 Å². The predicted octanol–water partition coefficient (Wildman–Crippen LogP) is 0.865. The SMILES string of the molecule is O=C1NCC[C@@H]2C=CC=C[C@H]12. The van der Waals surface area contributed by atoms with E-state index in [0.717, 1.165) is 13.0 Å². The molecule has 1 aliphatic heterocycles. The first kappa shape index (κ1) is 6.65. The summed E-state index contributed by atoms with van der Waals surface area (Å²) < 4.78 is 0. The van der Waals surface area contributed by atoms with Gasteiger partial charge in [0.2, 0.25) is 5.91 Å². The summed E-state index contributed by atoms with van der Waals surface area (Å²) >= 11 is 0. The van der Waals surface area contributed by atoms with Crippen LogP contribution in [0.15, 0.2) is 24.3 Å². The average Bonchev–Trinajstić information content (AvgIpc) is 2.06. The van der Waals surface area contributed by atoms with Gasteiger partial charge in [0.05, 0.1) is 5.92 Å². The van der Waals surface area contributed by atoms with E-state index in [4.69, 9.17) is 0 Å². The van der Waals surface area contributed by atoms with Gasteiger partial charge in [-0.25, -0.2) is 0 Å². The molecule has 0 aromatic rings. The zero-order chi connectivity index (χ0) is 7.68. The van der Waals surface area contributed by atoms with E-state index in [1.165, 1.54) is 0 Å². The van der Waals surface area contributed by atoms with Crippen molar-refractivity contribution in [2.75, 3.05) is 6.54 Å². The first-order valence-corrected chi connectivity index (χ1v) is 4.00. The molecule has 1 N–H and O–H groups in total. The highest BCUT2D eigenvalue weighted by Gasteiger charge is 2.28. The van der Waals surface area contributed by atoms with Gasteiger partial charge in [-0.1, -0.05) is 24.3 Å². The molecule has 2 heteroatoms. The van der Waals surface area contributed by atoms with Gasteiger partial charge in [0.15, 0.2) is 0 Å². The molecule has 0 unspecified atom stereocenters. The maximum Gasteiger partial charge on any atom is 0.227 e. The summed E-state index contributed by atoms with van der Waals surface area (Å²) in [6.07, 6.45) is 9.17. The molecule has 1 heterocycles. The minimum Gasteiger partial charge on any atom is -0.356 e. The number of amides is 1. The summed E-state index contributed by atoms with van der Waals surface area (Å²) in [6.45, 7) is 0.832. The lowest BCUT2D eigenvalue weighted by atomic mass is 9.83. The maximum absolute atomic E-state index is 11.2. The third kappa shape index (κ3) is 1.09. The minimum absolute atomic E-state index is 0.105. The Labute approximate surface area is 66.0 Å². The molecule has 2 aliphatic rings. The molecule has 1 aliphatic carbocycles. The van der Waals surface area contributed by atoms with Crippen molar-refractivity contribution in [2.24, 2.45) is 11.8 Å². The summed E-state index contributed by atoms with van der Waals surface area (Å²) in [5.41, 5.74) is 0. The number of carbonyl (C=O) groups excluding carboxylic acids is 1. The van der Waals surface area contributed by atoms with Crippen LogP contribution in [0.1, 0.15) is 6.42 Å². The number of fused-ring (bicyclic) bond motifs is 1. The molecule has 0 bridgehead atoms. The largest absolute Gasteiger partial charge is 0.356 e. The number of allylic oxidation sites excluding steroid dienone is 3. The Bertz CT molecular complexity index is 230. The number of piperidine rings is 1. The van der Waals surface area contributed by atoms with Gasteiger partial charge in [0.1, 0.15) is 0 Å². The van der Waals surface area contributed by atoms with E-state index in [-0.39, 0.29) is 11.8 Å². The quantitative estimate of drug-likeness (QED) is 0.544. The van der Waals surface area contributed by atoms with Gasteiger partial charge in [0, 0.05) is 6.54 Å². The number of hydrogen-bond donors (Lipinski definition) is 1. The Balaban J connectivity index is 2.20. The molecule has 0 radical (unpaired) electrons. The fraction of sp³-hybridized carbons (Fsp3) is 0.444. The third-order valence-corrected chi connectivity index (χ3v) is 2.33. The fourth-order valence-corrected chi connectivity index (χ4v) is 1.69. The second kappa shape index (κ2) is 2.53. The molecule has 1 amide bonds. The van der Waals surface area contributed by atoms with Gasteiger partial charge in [-0.2, -0.15) is 0 Å². The summed E-state index contributed by atoms with van der Waals surface area (Å²) in [6, 6.07) is 0. The molecule has 1 fully saturated rings. The first-order valence-electron chi connectivity index (χ1n) is 4.00. The van der Waals surface area contributed by atoms with E-state index in [9.17, 15) is 4.79 Å². The molecule has 2 atom stereocenters. The van der Waals surface area contributed by atoms with Crippen LogP contribution in [0.3, 0.4) is 0 Å². The van der Waals surface area contributed by atoms with Gasteiger partial charge in [-0.3, -0.25) is 4.79 Å². The van der Waals surface area contributed by atoms with E-state index in [2.05, 4.69) is 11.4 Å². The second-order valence-electron chi connectivity index (χ2n) is 3.04. The minimum atomic E-state index is 0.105. The monoisotopic (exact) mass is 149 g/mol. The normalized spacial score (nSPS) is 34.7.